The highest BCUT2D eigenvalue weighted by Gasteiger charge is 2.14. The van der Waals surface area contributed by atoms with Gasteiger partial charge in [-0.3, -0.25) is 4.79 Å². The summed E-state index contributed by atoms with van der Waals surface area (Å²) in [6.07, 6.45) is 1.10. The molecule has 0 atom stereocenters. The predicted octanol–water partition coefficient (Wildman–Crippen LogP) is 4.10. The van der Waals surface area contributed by atoms with Crippen molar-refractivity contribution in [2.45, 2.75) is 19.8 Å². The molecule has 88 valence electrons. The molecule has 0 aliphatic carbocycles. The molecule has 0 saturated heterocycles. The summed E-state index contributed by atoms with van der Waals surface area (Å²) in [5.41, 5.74) is 0.391. The molecular weight excluding hydrogens is 222 g/mol. The summed E-state index contributed by atoms with van der Waals surface area (Å²) in [5.74, 6) is -1.35. The maximum atomic E-state index is 13.5. The van der Waals surface area contributed by atoms with E-state index in [1.807, 2.05) is 6.92 Å². The highest BCUT2D eigenvalue weighted by Crippen LogP contribution is 2.25. The van der Waals surface area contributed by atoms with Gasteiger partial charge in [0.2, 0.25) is 0 Å². The zero-order valence-electron chi connectivity index (χ0n) is 9.47. The van der Waals surface area contributed by atoms with E-state index in [2.05, 4.69) is 0 Å². The number of benzene rings is 2. The van der Waals surface area contributed by atoms with Crippen molar-refractivity contribution < 1.29 is 13.6 Å². The van der Waals surface area contributed by atoms with Gasteiger partial charge >= 0.3 is 0 Å². The summed E-state index contributed by atoms with van der Waals surface area (Å²) in [4.78, 5) is 11.8. The lowest BCUT2D eigenvalue weighted by atomic mass is 9.98. The monoisotopic (exact) mass is 234 g/mol. The Hall–Kier alpha value is -1.77. The first-order valence-electron chi connectivity index (χ1n) is 5.55. The summed E-state index contributed by atoms with van der Waals surface area (Å²) in [6.45, 7) is 1.89. The van der Waals surface area contributed by atoms with Crippen LogP contribution in [0.1, 0.15) is 30.1 Å². The lowest BCUT2D eigenvalue weighted by molar-refractivity contribution is 0.0983. The van der Waals surface area contributed by atoms with Gasteiger partial charge in [0, 0.05) is 12.0 Å². The van der Waals surface area contributed by atoms with E-state index in [9.17, 15) is 13.6 Å². The number of hydrogen-bond acceptors (Lipinski definition) is 1. The highest BCUT2D eigenvalue weighted by molar-refractivity contribution is 6.08. The minimum absolute atomic E-state index is 0.0805. The Morgan fingerprint density at radius 1 is 1.12 bits per heavy atom. The van der Waals surface area contributed by atoms with Crippen molar-refractivity contribution >= 4 is 16.6 Å². The fourth-order valence-electron chi connectivity index (χ4n) is 1.93. The van der Waals surface area contributed by atoms with E-state index in [-0.39, 0.29) is 11.2 Å². The van der Waals surface area contributed by atoms with Gasteiger partial charge in [0.1, 0.15) is 11.6 Å². The molecule has 0 amide bonds. The van der Waals surface area contributed by atoms with E-state index in [0.717, 1.165) is 6.07 Å². The van der Waals surface area contributed by atoms with Crippen LogP contribution in [0.5, 0.6) is 0 Å². The van der Waals surface area contributed by atoms with Gasteiger partial charge in [-0.25, -0.2) is 8.78 Å². The van der Waals surface area contributed by atoms with Crippen molar-refractivity contribution in [1.82, 2.24) is 0 Å². The second-order valence-electron chi connectivity index (χ2n) is 3.93. The number of carbonyl (C=O) groups is 1. The van der Waals surface area contributed by atoms with E-state index in [1.165, 1.54) is 18.2 Å². The predicted molar refractivity (Wildman–Crippen MR) is 63.1 cm³/mol. The minimum Gasteiger partial charge on any atom is -0.294 e. The Labute approximate surface area is 98.1 Å². The number of halogens is 2. The first kappa shape index (κ1) is 11.7. The Bertz CT molecular complexity index is 567. The molecule has 0 saturated carbocycles. The lowest BCUT2D eigenvalue weighted by Gasteiger charge is -2.06. The Morgan fingerprint density at radius 2 is 1.82 bits per heavy atom. The third-order valence-corrected chi connectivity index (χ3v) is 2.72. The molecule has 17 heavy (non-hydrogen) atoms. The molecule has 1 nitrogen and oxygen atoms in total. The van der Waals surface area contributed by atoms with Crippen LogP contribution in [0.3, 0.4) is 0 Å². The van der Waals surface area contributed by atoms with Gasteiger partial charge in [-0.1, -0.05) is 19.1 Å². The van der Waals surface area contributed by atoms with E-state index >= 15 is 0 Å². The van der Waals surface area contributed by atoms with Crippen LogP contribution in [0, 0.1) is 11.6 Å². The topological polar surface area (TPSA) is 17.1 Å². The van der Waals surface area contributed by atoms with Gasteiger partial charge in [-0.05, 0) is 30.0 Å². The third kappa shape index (κ3) is 2.05. The smallest absolute Gasteiger partial charge is 0.163 e. The molecule has 2 aromatic carbocycles. The van der Waals surface area contributed by atoms with Gasteiger partial charge < -0.3 is 0 Å². The van der Waals surface area contributed by atoms with Crippen molar-refractivity contribution in [3.05, 3.63) is 47.5 Å². The SMILES string of the molecule is CCCC(=O)c1ccc(F)c2c(F)cccc12. The van der Waals surface area contributed by atoms with Crippen LogP contribution in [0.15, 0.2) is 30.3 Å². The zero-order valence-corrected chi connectivity index (χ0v) is 9.47. The van der Waals surface area contributed by atoms with Crippen LogP contribution in [0.25, 0.3) is 10.8 Å². The normalized spacial score (nSPS) is 10.8. The fourth-order valence-corrected chi connectivity index (χ4v) is 1.93. The molecule has 0 unspecified atom stereocenters. The molecule has 0 bridgehead atoms. The zero-order chi connectivity index (χ0) is 12.4. The molecule has 0 aliphatic rings. The van der Waals surface area contributed by atoms with E-state index in [0.29, 0.717) is 23.8 Å². The van der Waals surface area contributed by atoms with Crippen LogP contribution in [0.4, 0.5) is 8.78 Å². The van der Waals surface area contributed by atoms with Crippen LogP contribution in [-0.2, 0) is 0 Å². The van der Waals surface area contributed by atoms with Gasteiger partial charge in [0.05, 0.1) is 5.39 Å². The summed E-state index contributed by atoms with van der Waals surface area (Å²) in [5, 5.41) is 0.248. The van der Waals surface area contributed by atoms with Crippen LogP contribution in [0.2, 0.25) is 0 Å². The summed E-state index contributed by atoms with van der Waals surface area (Å²) < 4.78 is 27.0. The average molecular weight is 234 g/mol. The van der Waals surface area contributed by atoms with E-state index < -0.39 is 11.6 Å². The van der Waals surface area contributed by atoms with Crippen LogP contribution >= 0.6 is 0 Å². The molecule has 3 heteroatoms. The number of ketones is 1. The molecule has 2 rings (SSSR count). The standard InChI is InChI=1S/C14H12F2O/c1-2-4-13(17)9-7-8-12(16)14-10(9)5-3-6-11(14)15/h3,5-8H,2,4H2,1H3. The number of carbonyl (C=O) groups excluding carboxylic acids is 1. The fraction of sp³-hybridized carbons (Fsp3) is 0.214. The van der Waals surface area contributed by atoms with Crippen molar-refractivity contribution in [2.24, 2.45) is 0 Å². The largest absolute Gasteiger partial charge is 0.294 e. The van der Waals surface area contributed by atoms with E-state index in [1.54, 1.807) is 6.07 Å². The van der Waals surface area contributed by atoms with Crippen molar-refractivity contribution in [2.75, 3.05) is 0 Å². The van der Waals surface area contributed by atoms with Crippen LogP contribution in [-0.4, -0.2) is 5.78 Å². The molecule has 0 N–H and O–H groups in total. The molecule has 2 aromatic rings. The molecule has 0 aromatic heterocycles. The number of fused-ring (bicyclic) bond motifs is 1. The lowest BCUT2D eigenvalue weighted by Crippen LogP contribution is -2.00. The van der Waals surface area contributed by atoms with Crippen molar-refractivity contribution in [3.63, 3.8) is 0 Å². The van der Waals surface area contributed by atoms with Gasteiger partial charge in [-0.15, -0.1) is 0 Å². The molecule has 0 fully saturated rings. The first-order chi connectivity index (χ1) is 8.15. The second-order valence-corrected chi connectivity index (χ2v) is 3.93. The quantitative estimate of drug-likeness (QED) is 0.731. The number of rotatable bonds is 3. The minimum atomic E-state index is -0.633. The molecular formula is C14H12F2O. The number of Topliss-reactive ketones (excluding diaryl/α,β-unsaturated/α-hetero) is 1. The molecule has 0 heterocycles. The maximum absolute atomic E-state index is 13.5. The van der Waals surface area contributed by atoms with Crippen molar-refractivity contribution in [1.29, 1.82) is 0 Å². The summed E-state index contributed by atoms with van der Waals surface area (Å²) in [7, 11) is 0. The second kappa shape index (κ2) is 4.62. The van der Waals surface area contributed by atoms with Crippen molar-refractivity contribution in [3.8, 4) is 0 Å². The van der Waals surface area contributed by atoms with Gasteiger partial charge in [-0.2, -0.15) is 0 Å². The maximum Gasteiger partial charge on any atom is 0.163 e. The first-order valence-corrected chi connectivity index (χ1v) is 5.55. The van der Waals surface area contributed by atoms with Crippen LogP contribution < -0.4 is 0 Å². The molecule has 0 aliphatic heterocycles. The summed E-state index contributed by atoms with van der Waals surface area (Å²) in [6, 6.07) is 6.83. The third-order valence-electron chi connectivity index (χ3n) is 2.72. The number of hydrogen-bond donors (Lipinski definition) is 0. The van der Waals surface area contributed by atoms with Gasteiger partial charge in [0.15, 0.2) is 5.78 Å². The Kier molecular flexibility index (Phi) is 3.18. The summed E-state index contributed by atoms with van der Waals surface area (Å²) >= 11 is 0. The van der Waals surface area contributed by atoms with E-state index in [4.69, 9.17) is 0 Å². The Morgan fingerprint density at radius 3 is 2.53 bits per heavy atom. The highest BCUT2D eigenvalue weighted by atomic mass is 19.1. The average Bonchev–Trinajstić information content (AvgIpc) is 2.29. The molecule has 0 radical (unpaired) electrons. The Balaban J connectivity index is 2.71. The molecule has 0 spiro atoms. The van der Waals surface area contributed by atoms with Gasteiger partial charge in [0.25, 0.3) is 0 Å².